The average molecular weight is 488 g/mol. The minimum atomic E-state index is -0.962. The van der Waals surface area contributed by atoms with Gasteiger partial charge in [-0.25, -0.2) is 0 Å². The average Bonchev–Trinajstić information content (AvgIpc) is 3.00. The summed E-state index contributed by atoms with van der Waals surface area (Å²) in [6.45, 7) is 4.96. The fraction of sp³-hybridized carbons (Fsp3) is 0.583. The number of carbonyl (C=O) groups is 4. The molecule has 4 amide bonds. The van der Waals surface area contributed by atoms with E-state index in [1.54, 1.807) is 18.2 Å². The van der Waals surface area contributed by atoms with Crippen molar-refractivity contribution >= 4 is 35.4 Å². The lowest BCUT2D eigenvalue weighted by Gasteiger charge is -2.38. The Morgan fingerprint density at radius 1 is 1.18 bits per heavy atom. The molecule has 1 unspecified atom stereocenters. The normalized spacial score (nSPS) is 27.7. The number of piperidine rings is 1. The van der Waals surface area contributed by atoms with Gasteiger partial charge in [0.25, 0.3) is 11.8 Å². The second-order valence-electron chi connectivity index (χ2n) is 9.87. The molecule has 3 heterocycles. The molecule has 1 atom stereocenters. The molecule has 3 fully saturated rings. The molecule has 1 aromatic rings. The molecule has 0 bridgehead atoms. The SMILES string of the molecule is CC1(CSCCN[C@H]2C[C@H](Oc3ccc4c(c3)C(=O)N(C3CCC(=O)NC3=O)C4=O)C2)COC1. The summed E-state index contributed by atoms with van der Waals surface area (Å²) in [6.07, 6.45) is 2.09. The monoisotopic (exact) mass is 487 g/mol. The maximum Gasteiger partial charge on any atom is 0.262 e. The highest BCUT2D eigenvalue weighted by Crippen LogP contribution is 2.33. The molecular weight excluding hydrogens is 458 g/mol. The number of hydrogen-bond donors (Lipinski definition) is 2. The van der Waals surface area contributed by atoms with Crippen molar-refractivity contribution in [3.05, 3.63) is 29.3 Å². The summed E-state index contributed by atoms with van der Waals surface area (Å²) in [5.41, 5.74) is 0.847. The minimum absolute atomic E-state index is 0.0627. The van der Waals surface area contributed by atoms with Gasteiger partial charge in [0.2, 0.25) is 11.8 Å². The maximum absolute atomic E-state index is 12.9. The van der Waals surface area contributed by atoms with E-state index < -0.39 is 29.7 Å². The Morgan fingerprint density at radius 2 is 1.94 bits per heavy atom. The Kier molecular flexibility index (Phi) is 6.39. The lowest BCUT2D eigenvalue weighted by Crippen LogP contribution is -2.54. The van der Waals surface area contributed by atoms with E-state index in [1.165, 1.54) is 0 Å². The van der Waals surface area contributed by atoms with E-state index in [4.69, 9.17) is 9.47 Å². The molecule has 9 nitrogen and oxygen atoms in total. The van der Waals surface area contributed by atoms with Crippen molar-refractivity contribution in [2.45, 2.75) is 50.8 Å². The molecule has 0 radical (unpaired) electrons. The predicted octanol–water partition coefficient (Wildman–Crippen LogP) is 1.36. The van der Waals surface area contributed by atoms with Gasteiger partial charge in [-0.1, -0.05) is 6.92 Å². The van der Waals surface area contributed by atoms with Crippen LogP contribution in [0.3, 0.4) is 0 Å². The third-order valence-electron chi connectivity index (χ3n) is 6.84. The minimum Gasteiger partial charge on any atom is -0.490 e. The Bertz CT molecular complexity index is 1020. The smallest absolute Gasteiger partial charge is 0.262 e. The predicted molar refractivity (Wildman–Crippen MR) is 125 cm³/mol. The van der Waals surface area contributed by atoms with Crippen molar-refractivity contribution in [3.63, 3.8) is 0 Å². The molecule has 2 N–H and O–H groups in total. The molecule has 0 spiro atoms. The van der Waals surface area contributed by atoms with Crippen LogP contribution in [0.2, 0.25) is 0 Å². The van der Waals surface area contributed by atoms with Crippen LogP contribution in [0.5, 0.6) is 5.75 Å². The fourth-order valence-corrected chi connectivity index (χ4v) is 5.80. The van der Waals surface area contributed by atoms with Gasteiger partial charge in [0, 0.05) is 35.9 Å². The van der Waals surface area contributed by atoms with Gasteiger partial charge in [0.1, 0.15) is 17.9 Å². The second-order valence-corrected chi connectivity index (χ2v) is 11.0. The van der Waals surface area contributed by atoms with Crippen molar-refractivity contribution in [2.75, 3.05) is 31.3 Å². The van der Waals surface area contributed by atoms with E-state index in [9.17, 15) is 19.2 Å². The first-order valence-corrected chi connectivity index (χ1v) is 12.9. The fourth-order valence-electron chi connectivity index (χ4n) is 4.73. The third-order valence-corrected chi connectivity index (χ3v) is 8.23. The zero-order valence-corrected chi connectivity index (χ0v) is 19.9. The van der Waals surface area contributed by atoms with E-state index in [0.717, 1.165) is 49.0 Å². The number of rotatable bonds is 9. The molecule has 2 saturated heterocycles. The van der Waals surface area contributed by atoms with Crippen molar-refractivity contribution < 1.29 is 28.7 Å². The summed E-state index contributed by atoms with van der Waals surface area (Å²) in [5.74, 6) is 0.714. The number of fused-ring (bicyclic) bond motifs is 1. The van der Waals surface area contributed by atoms with Crippen LogP contribution in [0.25, 0.3) is 0 Å². The molecule has 0 aromatic heterocycles. The van der Waals surface area contributed by atoms with E-state index in [1.807, 2.05) is 11.8 Å². The number of imide groups is 2. The third kappa shape index (κ3) is 4.58. The number of carbonyl (C=O) groups excluding carboxylic acids is 4. The molecule has 1 aliphatic carbocycles. The number of hydrogen-bond acceptors (Lipinski definition) is 8. The molecular formula is C24H29N3O6S. The van der Waals surface area contributed by atoms with Gasteiger partial charge < -0.3 is 14.8 Å². The highest BCUT2D eigenvalue weighted by molar-refractivity contribution is 7.99. The van der Waals surface area contributed by atoms with Gasteiger partial charge in [-0.15, -0.1) is 0 Å². The molecule has 34 heavy (non-hydrogen) atoms. The van der Waals surface area contributed by atoms with Crippen LogP contribution in [0.15, 0.2) is 18.2 Å². The molecule has 5 rings (SSSR count). The Balaban J connectivity index is 1.09. The van der Waals surface area contributed by atoms with E-state index in [2.05, 4.69) is 17.6 Å². The summed E-state index contributed by atoms with van der Waals surface area (Å²) in [6, 6.07) is 4.32. The van der Waals surface area contributed by atoms with Crippen LogP contribution in [0.1, 0.15) is 53.3 Å². The first kappa shape index (κ1) is 23.3. The highest BCUT2D eigenvalue weighted by Gasteiger charge is 2.45. The Morgan fingerprint density at radius 3 is 2.65 bits per heavy atom. The van der Waals surface area contributed by atoms with Gasteiger partial charge in [-0.3, -0.25) is 29.4 Å². The Hall–Kier alpha value is -2.43. The van der Waals surface area contributed by atoms with Crippen LogP contribution in [0, 0.1) is 5.41 Å². The Labute approximate surface area is 202 Å². The number of ether oxygens (including phenoxy) is 2. The topological polar surface area (TPSA) is 114 Å². The van der Waals surface area contributed by atoms with E-state index in [0.29, 0.717) is 17.2 Å². The number of amides is 4. The van der Waals surface area contributed by atoms with Gasteiger partial charge in [0.15, 0.2) is 0 Å². The quantitative estimate of drug-likeness (QED) is 0.397. The van der Waals surface area contributed by atoms with E-state index in [-0.39, 0.29) is 30.1 Å². The van der Waals surface area contributed by atoms with Gasteiger partial charge in [-0.05, 0) is 37.5 Å². The van der Waals surface area contributed by atoms with Crippen molar-refractivity contribution in [3.8, 4) is 5.75 Å². The van der Waals surface area contributed by atoms with Gasteiger partial charge in [0.05, 0.1) is 24.3 Å². The van der Waals surface area contributed by atoms with Crippen LogP contribution in [-0.2, 0) is 14.3 Å². The van der Waals surface area contributed by atoms with Crippen molar-refractivity contribution in [2.24, 2.45) is 5.41 Å². The van der Waals surface area contributed by atoms with Gasteiger partial charge >= 0.3 is 0 Å². The van der Waals surface area contributed by atoms with E-state index >= 15 is 0 Å². The first-order valence-electron chi connectivity index (χ1n) is 11.7. The summed E-state index contributed by atoms with van der Waals surface area (Å²) < 4.78 is 11.3. The van der Waals surface area contributed by atoms with Crippen LogP contribution >= 0.6 is 11.8 Å². The molecule has 1 aromatic carbocycles. The molecule has 182 valence electrons. The molecule has 10 heteroatoms. The van der Waals surface area contributed by atoms with Crippen LogP contribution in [0.4, 0.5) is 0 Å². The summed E-state index contributed by atoms with van der Waals surface area (Å²) in [4.78, 5) is 50.3. The summed E-state index contributed by atoms with van der Waals surface area (Å²) >= 11 is 1.96. The summed E-state index contributed by atoms with van der Waals surface area (Å²) in [7, 11) is 0. The maximum atomic E-state index is 12.9. The number of nitrogens with one attached hydrogen (secondary N) is 2. The largest absolute Gasteiger partial charge is 0.490 e. The molecule has 1 saturated carbocycles. The van der Waals surface area contributed by atoms with Crippen LogP contribution in [-0.4, -0.2) is 78.0 Å². The standard InChI is InChI=1S/C24H29N3O6S/c1-24(11-32-12-24)13-34-7-6-25-14-8-16(9-14)33-15-2-3-17-18(10-15)23(31)27(22(17)30)19-4-5-20(28)26-21(19)29/h2-3,10,14,16,19,25H,4-9,11-13H2,1H3,(H,26,28,29)/t14-,16-,19?. The first-order chi connectivity index (χ1) is 16.3. The molecule has 4 aliphatic rings. The number of nitrogens with zero attached hydrogens (tertiary/aromatic N) is 1. The zero-order chi connectivity index (χ0) is 23.9. The zero-order valence-electron chi connectivity index (χ0n) is 19.1. The van der Waals surface area contributed by atoms with Crippen LogP contribution < -0.4 is 15.4 Å². The molecule has 3 aliphatic heterocycles. The van der Waals surface area contributed by atoms with Crippen molar-refractivity contribution in [1.29, 1.82) is 0 Å². The summed E-state index contributed by atoms with van der Waals surface area (Å²) in [5, 5.41) is 5.76. The lowest BCUT2D eigenvalue weighted by molar-refractivity contribution is -0.136. The van der Waals surface area contributed by atoms with Crippen molar-refractivity contribution in [1.82, 2.24) is 15.5 Å². The van der Waals surface area contributed by atoms with Gasteiger partial charge in [-0.2, -0.15) is 11.8 Å². The second kappa shape index (κ2) is 9.31. The lowest BCUT2D eigenvalue weighted by atomic mass is 9.89. The number of thioether (sulfide) groups is 1. The highest BCUT2D eigenvalue weighted by atomic mass is 32.2. The number of benzene rings is 1.